The molecular formula is C17H25N3O. The molecule has 1 saturated carbocycles. The highest BCUT2D eigenvalue weighted by Gasteiger charge is 2.33. The van der Waals surface area contributed by atoms with Crippen LogP contribution in [0.2, 0.25) is 0 Å². The van der Waals surface area contributed by atoms with E-state index < -0.39 is 0 Å². The number of nitriles is 1. The Morgan fingerprint density at radius 2 is 2.24 bits per heavy atom. The summed E-state index contributed by atoms with van der Waals surface area (Å²) in [5.74, 6) is 1.62. The normalized spacial score (nSPS) is 20.1. The second kappa shape index (κ2) is 7.44. The van der Waals surface area contributed by atoms with E-state index in [9.17, 15) is 5.26 Å². The van der Waals surface area contributed by atoms with Crippen LogP contribution in [-0.4, -0.2) is 33.9 Å². The monoisotopic (exact) mass is 287 g/mol. The first-order valence-corrected chi connectivity index (χ1v) is 7.59. The van der Waals surface area contributed by atoms with Crippen molar-refractivity contribution in [2.45, 2.75) is 19.9 Å². The van der Waals surface area contributed by atoms with Gasteiger partial charge in [0, 0.05) is 33.8 Å². The molecule has 0 heterocycles. The van der Waals surface area contributed by atoms with Crippen LogP contribution in [0.1, 0.15) is 24.5 Å². The third-order valence-electron chi connectivity index (χ3n) is 4.19. The van der Waals surface area contributed by atoms with Crippen molar-refractivity contribution in [2.75, 3.05) is 38.8 Å². The van der Waals surface area contributed by atoms with Gasteiger partial charge in [-0.05, 0) is 36.0 Å². The van der Waals surface area contributed by atoms with Crippen molar-refractivity contribution in [3.8, 4) is 6.07 Å². The molecule has 0 radical (unpaired) electrons. The number of rotatable bonds is 8. The predicted octanol–water partition coefficient (Wildman–Crippen LogP) is 2.39. The number of hydrogen-bond donors (Lipinski definition) is 1. The molecule has 2 unspecified atom stereocenters. The van der Waals surface area contributed by atoms with Crippen molar-refractivity contribution in [1.82, 2.24) is 5.32 Å². The average molecular weight is 287 g/mol. The number of nitrogens with zero attached hydrogens (tertiary/aromatic N) is 2. The van der Waals surface area contributed by atoms with Crippen LogP contribution in [0.5, 0.6) is 0 Å². The Morgan fingerprint density at radius 1 is 1.48 bits per heavy atom. The lowest BCUT2D eigenvalue weighted by atomic mass is 10.1. The number of hydrogen-bond acceptors (Lipinski definition) is 4. The Bertz CT molecular complexity index is 509. The molecule has 0 amide bonds. The second-order valence-corrected chi connectivity index (χ2v) is 5.99. The zero-order valence-electron chi connectivity index (χ0n) is 13.2. The molecule has 1 aliphatic rings. The van der Waals surface area contributed by atoms with E-state index in [0.29, 0.717) is 6.61 Å². The van der Waals surface area contributed by atoms with Crippen LogP contribution in [0.4, 0.5) is 5.69 Å². The van der Waals surface area contributed by atoms with Gasteiger partial charge in [0.1, 0.15) is 6.07 Å². The molecule has 21 heavy (non-hydrogen) atoms. The lowest BCUT2D eigenvalue weighted by molar-refractivity contribution is 0.199. The lowest BCUT2D eigenvalue weighted by Crippen LogP contribution is -2.22. The fraction of sp³-hybridized carbons (Fsp3) is 0.588. The van der Waals surface area contributed by atoms with Crippen LogP contribution in [0.3, 0.4) is 0 Å². The summed E-state index contributed by atoms with van der Waals surface area (Å²) in [6.07, 6.45) is 1.31. The molecule has 4 nitrogen and oxygen atoms in total. The Morgan fingerprint density at radius 3 is 2.86 bits per heavy atom. The molecule has 0 aliphatic heterocycles. The van der Waals surface area contributed by atoms with Crippen molar-refractivity contribution in [1.29, 1.82) is 5.26 Å². The molecule has 1 aliphatic carbocycles. The maximum absolute atomic E-state index is 9.39. The summed E-state index contributed by atoms with van der Waals surface area (Å²) < 4.78 is 5.01. The first-order valence-electron chi connectivity index (χ1n) is 7.59. The van der Waals surface area contributed by atoms with Gasteiger partial charge in [0.25, 0.3) is 0 Å². The molecule has 0 spiro atoms. The summed E-state index contributed by atoms with van der Waals surface area (Å²) in [6, 6.07) is 8.49. The minimum atomic E-state index is 0.700. The van der Waals surface area contributed by atoms with Gasteiger partial charge in [0.05, 0.1) is 17.9 Å². The third kappa shape index (κ3) is 4.45. The molecule has 114 valence electrons. The summed E-state index contributed by atoms with van der Waals surface area (Å²) in [5, 5.41) is 12.7. The van der Waals surface area contributed by atoms with E-state index in [1.54, 1.807) is 7.11 Å². The molecule has 0 aromatic heterocycles. The van der Waals surface area contributed by atoms with Crippen LogP contribution in [0, 0.1) is 23.2 Å². The van der Waals surface area contributed by atoms with Crippen molar-refractivity contribution in [2.24, 2.45) is 11.8 Å². The van der Waals surface area contributed by atoms with E-state index in [0.717, 1.165) is 48.3 Å². The molecule has 1 fully saturated rings. The topological polar surface area (TPSA) is 48.3 Å². The van der Waals surface area contributed by atoms with Gasteiger partial charge in [-0.15, -0.1) is 0 Å². The highest BCUT2D eigenvalue weighted by molar-refractivity contribution is 5.60. The predicted molar refractivity (Wildman–Crippen MR) is 85.3 cm³/mol. The zero-order valence-corrected chi connectivity index (χ0v) is 13.2. The zero-order chi connectivity index (χ0) is 15.2. The van der Waals surface area contributed by atoms with E-state index in [-0.39, 0.29) is 0 Å². The van der Waals surface area contributed by atoms with Gasteiger partial charge in [0.2, 0.25) is 0 Å². The molecule has 1 aromatic rings. The van der Waals surface area contributed by atoms with Gasteiger partial charge in [0.15, 0.2) is 0 Å². The fourth-order valence-corrected chi connectivity index (χ4v) is 2.63. The van der Waals surface area contributed by atoms with Crippen LogP contribution < -0.4 is 10.2 Å². The minimum absolute atomic E-state index is 0.700. The fourth-order valence-electron chi connectivity index (χ4n) is 2.63. The van der Waals surface area contributed by atoms with Crippen LogP contribution in [-0.2, 0) is 11.3 Å². The Hall–Kier alpha value is -1.57. The van der Waals surface area contributed by atoms with Gasteiger partial charge < -0.3 is 15.0 Å². The molecule has 2 rings (SSSR count). The SMILES string of the molecule is COCCNCc1ccc(N(C)CC2CC2C)c(C#N)c1. The highest BCUT2D eigenvalue weighted by atomic mass is 16.5. The van der Waals surface area contributed by atoms with Crippen LogP contribution >= 0.6 is 0 Å². The van der Waals surface area contributed by atoms with E-state index in [2.05, 4.69) is 42.4 Å². The van der Waals surface area contributed by atoms with Crippen molar-refractivity contribution < 1.29 is 4.74 Å². The molecule has 1 N–H and O–H groups in total. The van der Waals surface area contributed by atoms with Gasteiger partial charge in [-0.1, -0.05) is 13.0 Å². The summed E-state index contributed by atoms with van der Waals surface area (Å²) in [6.45, 7) is 5.62. The van der Waals surface area contributed by atoms with Crippen molar-refractivity contribution in [3.05, 3.63) is 29.3 Å². The van der Waals surface area contributed by atoms with Gasteiger partial charge in [-0.3, -0.25) is 0 Å². The Labute approximate surface area is 127 Å². The molecule has 1 aromatic carbocycles. The maximum Gasteiger partial charge on any atom is 0.101 e. The van der Waals surface area contributed by atoms with E-state index in [1.165, 1.54) is 6.42 Å². The van der Waals surface area contributed by atoms with E-state index >= 15 is 0 Å². The molecule has 0 saturated heterocycles. The molecule has 2 atom stereocenters. The minimum Gasteiger partial charge on any atom is -0.383 e. The average Bonchev–Trinajstić information content (AvgIpc) is 3.18. The van der Waals surface area contributed by atoms with Crippen molar-refractivity contribution in [3.63, 3.8) is 0 Å². The van der Waals surface area contributed by atoms with Gasteiger partial charge in [-0.25, -0.2) is 0 Å². The maximum atomic E-state index is 9.39. The summed E-state index contributed by atoms with van der Waals surface area (Å²) in [4.78, 5) is 2.22. The van der Waals surface area contributed by atoms with E-state index in [1.807, 2.05) is 6.07 Å². The second-order valence-electron chi connectivity index (χ2n) is 5.99. The Kier molecular flexibility index (Phi) is 5.60. The third-order valence-corrected chi connectivity index (χ3v) is 4.19. The van der Waals surface area contributed by atoms with Crippen LogP contribution in [0.15, 0.2) is 18.2 Å². The van der Waals surface area contributed by atoms with Crippen molar-refractivity contribution >= 4 is 5.69 Å². The number of benzene rings is 1. The number of anilines is 1. The quantitative estimate of drug-likeness (QED) is 0.746. The number of methoxy groups -OCH3 is 1. The van der Waals surface area contributed by atoms with Crippen LogP contribution in [0.25, 0.3) is 0 Å². The summed E-state index contributed by atoms with van der Waals surface area (Å²) in [7, 11) is 3.78. The molecular weight excluding hydrogens is 262 g/mol. The van der Waals surface area contributed by atoms with Gasteiger partial charge >= 0.3 is 0 Å². The summed E-state index contributed by atoms with van der Waals surface area (Å²) >= 11 is 0. The number of nitrogens with one attached hydrogen (secondary N) is 1. The number of ether oxygens (including phenoxy) is 1. The Balaban J connectivity index is 1.97. The standard InChI is InChI=1S/C17H25N3O/c1-13-8-16(13)12-20(2)17-5-4-14(9-15(17)10-18)11-19-6-7-21-3/h4-5,9,13,16,19H,6-8,11-12H2,1-3H3. The van der Waals surface area contributed by atoms with Gasteiger partial charge in [-0.2, -0.15) is 5.26 Å². The molecule has 4 heteroatoms. The summed E-state index contributed by atoms with van der Waals surface area (Å²) in [5.41, 5.74) is 2.94. The first-order chi connectivity index (χ1) is 10.2. The lowest BCUT2D eigenvalue weighted by Gasteiger charge is -2.21. The first kappa shape index (κ1) is 15.8. The largest absolute Gasteiger partial charge is 0.383 e. The molecule has 0 bridgehead atoms. The highest BCUT2D eigenvalue weighted by Crippen LogP contribution is 2.39. The van der Waals surface area contributed by atoms with E-state index in [4.69, 9.17) is 4.74 Å². The smallest absolute Gasteiger partial charge is 0.101 e.